The van der Waals surface area contributed by atoms with Gasteiger partial charge in [0.1, 0.15) is 0 Å². The van der Waals surface area contributed by atoms with Crippen LogP contribution in [0.1, 0.15) is 40.2 Å². The van der Waals surface area contributed by atoms with Gasteiger partial charge in [0.25, 0.3) is 11.6 Å². The molecular weight excluding hydrogens is 320 g/mol. The lowest BCUT2D eigenvalue weighted by Crippen LogP contribution is -2.41. The summed E-state index contributed by atoms with van der Waals surface area (Å²) in [5.41, 5.74) is 3.94. The van der Waals surface area contributed by atoms with Crippen LogP contribution < -0.4 is 5.32 Å². The molecule has 2 aliphatic rings. The molecule has 2 aromatic heterocycles. The Kier molecular flexibility index (Phi) is 4.43. The lowest BCUT2D eigenvalue weighted by molar-refractivity contribution is -0.0225. The van der Waals surface area contributed by atoms with Crippen molar-refractivity contribution < 1.29 is 14.1 Å². The number of likely N-dealkylation sites (N-methyl/N-ethyl adjacent to an activating group) is 1. The van der Waals surface area contributed by atoms with Gasteiger partial charge >= 0.3 is 0 Å². The van der Waals surface area contributed by atoms with Crippen molar-refractivity contribution in [1.29, 1.82) is 0 Å². The molecule has 1 saturated heterocycles. The van der Waals surface area contributed by atoms with Gasteiger partial charge in [-0.3, -0.25) is 4.79 Å². The van der Waals surface area contributed by atoms with E-state index in [1.165, 1.54) is 0 Å². The van der Waals surface area contributed by atoms with Crippen LogP contribution in [0.2, 0.25) is 0 Å². The molecule has 1 N–H and O–H groups in total. The lowest BCUT2D eigenvalue weighted by atomic mass is 10.0. The first-order valence-electron chi connectivity index (χ1n) is 8.99. The third kappa shape index (κ3) is 3.14. The van der Waals surface area contributed by atoms with Crippen LogP contribution in [0.5, 0.6) is 0 Å². The molecule has 1 unspecified atom stereocenters. The Hall–Kier alpha value is -1.99. The number of aromatic nitrogens is 2. The molecule has 2 aromatic rings. The van der Waals surface area contributed by atoms with Crippen LogP contribution >= 0.6 is 0 Å². The largest absolute Gasteiger partial charge is 0.375 e. The van der Waals surface area contributed by atoms with Crippen LogP contribution in [0.25, 0.3) is 11.1 Å². The predicted molar refractivity (Wildman–Crippen MR) is 92.8 cm³/mol. The van der Waals surface area contributed by atoms with E-state index in [-0.39, 0.29) is 12.0 Å². The van der Waals surface area contributed by atoms with Crippen molar-refractivity contribution in [2.24, 2.45) is 0 Å². The van der Waals surface area contributed by atoms with Crippen LogP contribution in [0.3, 0.4) is 0 Å². The van der Waals surface area contributed by atoms with Gasteiger partial charge in [0.2, 0.25) is 0 Å². The molecule has 7 heteroatoms. The van der Waals surface area contributed by atoms with Gasteiger partial charge in [-0.15, -0.1) is 0 Å². The summed E-state index contributed by atoms with van der Waals surface area (Å²) in [5, 5.41) is 7.82. The van der Waals surface area contributed by atoms with E-state index in [0.717, 1.165) is 67.7 Å². The normalized spacial score (nSPS) is 20.8. The molecule has 7 nitrogen and oxygen atoms in total. The second-order valence-corrected chi connectivity index (χ2v) is 7.01. The highest BCUT2D eigenvalue weighted by Crippen LogP contribution is 2.31. The van der Waals surface area contributed by atoms with Crippen LogP contribution in [0, 0.1) is 6.92 Å². The third-order valence-corrected chi connectivity index (χ3v) is 5.14. The van der Waals surface area contributed by atoms with Crippen molar-refractivity contribution in [1.82, 2.24) is 20.4 Å². The minimum atomic E-state index is -0.0546. The molecule has 4 rings (SSSR count). The number of fused-ring (bicyclic) bond motifs is 2. The molecule has 0 saturated carbocycles. The second kappa shape index (κ2) is 6.72. The number of hydrogen-bond acceptors (Lipinski definition) is 6. The monoisotopic (exact) mass is 344 g/mol. The Morgan fingerprint density at radius 2 is 2.28 bits per heavy atom. The van der Waals surface area contributed by atoms with Crippen molar-refractivity contribution in [3.05, 3.63) is 22.5 Å². The lowest BCUT2D eigenvalue weighted by Gasteiger charge is -2.30. The summed E-state index contributed by atoms with van der Waals surface area (Å²) >= 11 is 0. The van der Waals surface area contributed by atoms with Gasteiger partial charge < -0.3 is 19.5 Å². The number of hydrogen-bond donors (Lipinski definition) is 1. The molecule has 0 bridgehead atoms. The third-order valence-electron chi connectivity index (χ3n) is 5.14. The van der Waals surface area contributed by atoms with Crippen LogP contribution in [-0.4, -0.2) is 60.3 Å². The number of nitrogens with zero attached hydrogens (tertiary/aromatic N) is 3. The summed E-state index contributed by atoms with van der Waals surface area (Å²) in [5.74, 6) is -0.0546. The van der Waals surface area contributed by atoms with Gasteiger partial charge in [0, 0.05) is 25.3 Å². The number of amides is 1. The summed E-state index contributed by atoms with van der Waals surface area (Å²) in [6.07, 6.45) is 3.81. The molecule has 3 heterocycles. The molecule has 1 atom stereocenters. The Morgan fingerprint density at radius 1 is 1.40 bits per heavy atom. The number of morpholine rings is 1. The predicted octanol–water partition coefficient (Wildman–Crippen LogP) is 1.47. The Morgan fingerprint density at radius 3 is 3.12 bits per heavy atom. The van der Waals surface area contributed by atoms with E-state index in [9.17, 15) is 4.79 Å². The first-order valence-corrected chi connectivity index (χ1v) is 8.99. The minimum absolute atomic E-state index is 0.0546. The quantitative estimate of drug-likeness (QED) is 0.905. The summed E-state index contributed by atoms with van der Waals surface area (Å²) in [4.78, 5) is 19.7. The van der Waals surface area contributed by atoms with Crippen molar-refractivity contribution >= 4 is 17.0 Å². The maximum Gasteiger partial charge on any atom is 0.259 e. The van der Waals surface area contributed by atoms with Crippen molar-refractivity contribution in [2.45, 2.75) is 38.7 Å². The fourth-order valence-electron chi connectivity index (χ4n) is 3.84. The average molecular weight is 344 g/mol. The van der Waals surface area contributed by atoms with E-state index < -0.39 is 0 Å². The average Bonchev–Trinajstić information content (AvgIpc) is 3.20. The molecule has 1 amide bonds. The SMILES string of the molecule is Cc1noc2nc3c(c(C(=O)NCCC4CN(C)CCO4)c12)CCC3. The molecule has 0 spiro atoms. The van der Waals surface area contributed by atoms with Crippen LogP contribution in [-0.2, 0) is 17.6 Å². The minimum Gasteiger partial charge on any atom is -0.375 e. The Labute approximate surface area is 146 Å². The van der Waals surface area contributed by atoms with E-state index in [1.807, 2.05) is 6.92 Å². The molecule has 0 radical (unpaired) electrons. The van der Waals surface area contributed by atoms with Crippen molar-refractivity contribution in [3.63, 3.8) is 0 Å². The van der Waals surface area contributed by atoms with Gasteiger partial charge in [-0.1, -0.05) is 5.16 Å². The number of ether oxygens (including phenoxy) is 1. The van der Waals surface area contributed by atoms with E-state index in [1.54, 1.807) is 0 Å². The number of carbonyl (C=O) groups is 1. The zero-order valence-corrected chi connectivity index (χ0v) is 14.8. The Balaban J connectivity index is 1.51. The summed E-state index contributed by atoms with van der Waals surface area (Å²) < 4.78 is 11.1. The summed E-state index contributed by atoms with van der Waals surface area (Å²) in [7, 11) is 2.10. The standard InChI is InChI=1S/C18H24N4O3/c1-11-15-16(13-4-3-5-14(13)20-18(15)25-21-11)17(23)19-7-6-12-10-22(2)8-9-24-12/h12H,3-10H2,1-2H3,(H,19,23). The number of nitrogens with one attached hydrogen (secondary N) is 1. The Bertz CT molecular complexity index is 801. The van der Waals surface area contributed by atoms with Gasteiger partial charge in [-0.05, 0) is 45.2 Å². The molecule has 1 aliphatic heterocycles. The number of rotatable bonds is 4. The maximum absolute atomic E-state index is 12.9. The first-order chi connectivity index (χ1) is 12.1. The topological polar surface area (TPSA) is 80.5 Å². The van der Waals surface area contributed by atoms with E-state index in [0.29, 0.717) is 17.8 Å². The fraction of sp³-hybridized carbons (Fsp3) is 0.611. The smallest absolute Gasteiger partial charge is 0.259 e. The molecule has 0 aromatic carbocycles. The van der Waals surface area contributed by atoms with Gasteiger partial charge in [-0.2, -0.15) is 0 Å². The van der Waals surface area contributed by atoms with E-state index >= 15 is 0 Å². The number of pyridine rings is 1. The zero-order chi connectivity index (χ0) is 17.4. The summed E-state index contributed by atoms with van der Waals surface area (Å²) in [6, 6.07) is 0. The fourth-order valence-corrected chi connectivity index (χ4v) is 3.84. The second-order valence-electron chi connectivity index (χ2n) is 7.01. The van der Waals surface area contributed by atoms with Crippen LogP contribution in [0.15, 0.2) is 4.52 Å². The molecule has 1 fully saturated rings. The zero-order valence-electron chi connectivity index (χ0n) is 14.8. The van der Waals surface area contributed by atoms with Gasteiger partial charge in [0.05, 0.1) is 29.4 Å². The van der Waals surface area contributed by atoms with Gasteiger partial charge in [-0.25, -0.2) is 4.98 Å². The van der Waals surface area contributed by atoms with Crippen molar-refractivity contribution in [3.8, 4) is 0 Å². The molecule has 134 valence electrons. The number of carbonyl (C=O) groups excluding carboxylic acids is 1. The van der Waals surface area contributed by atoms with Crippen molar-refractivity contribution in [2.75, 3.05) is 33.3 Å². The first kappa shape index (κ1) is 16.5. The molecule has 1 aliphatic carbocycles. The molecule has 25 heavy (non-hydrogen) atoms. The number of aryl methyl sites for hydroxylation is 2. The molecular formula is C18H24N4O3. The van der Waals surface area contributed by atoms with Gasteiger partial charge in [0.15, 0.2) is 0 Å². The maximum atomic E-state index is 12.9. The van der Waals surface area contributed by atoms with Crippen LogP contribution in [0.4, 0.5) is 0 Å². The van der Waals surface area contributed by atoms with E-state index in [4.69, 9.17) is 9.26 Å². The highest BCUT2D eigenvalue weighted by molar-refractivity contribution is 6.07. The highest BCUT2D eigenvalue weighted by atomic mass is 16.5. The highest BCUT2D eigenvalue weighted by Gasteiger charge is 2.27. The summed E-state index contributed by atoms with van der Waals surface area (Å²) in [6.45, 7) is 5.09. The van der Waals surface area contributed by atoms with E-state index in [2.05, 4.69) is 27.4 Å².